The number of ketones is 1. The fraction of sp³-hybridized carbons (Fsp3) is 0.467. The lowest BCUT2D eigenvalue weighted by molar-refractivity contribution is -0.154. The Morgan fingerprint density at radius 1 is 1.32 bits per heavy atom. The molecule has 0 spiro atoms. The smallest absolute Gasteiger partial charge is 0.318 e. The molecule has 0 radical (unpaired) electrons. The molecule has 0 aliphatic carbocycles. The second kappa shape index (κ2) is 5.13. The van der Waals surface area contributed by atoms with E-state index in [2.05, 4.69) is 5.32 Å². The molecule has 0 bridgehead atoms. The normalized spacial score (nSPS) is 25.9. The number of Topliss-reactive ketones (excluding diaryl/α,β-unsaturated/α-hetero) is 1. The minimum absolute atomic E-state index is 0.0513. The van der Waals surface area contributed by atoms with E-state index in [9.17, 15) is 9.59 Å². The number of ether oxygens (including phenoxy) is 1. The Bertz CT molecular complexity index is 481. The summed E-state index contributed by atoms with van der Waals surface area (Å²) in [6.07, 6.45) is 0.313. The zero-order valence-electron chi connectivity index (χ0n) is 11.5. The molecule has 1 aliphatic rings. The quantitative estimate of drug-likeness (QED) is 0.652. The van der Waals surface area contributed by atoms with Crippen LogP contribution in [0, 0.1) is 5.92 Å². The van der Waals surface area contributed by atoms with Crippen molar-refractivity contribution in [2.75, 3.05) is 7.11 Å². The van der Waals surface area contributed by atoms with Crippen LogP contribution >= 0.6 is 0 Å². The molecule has 0 unspecified atom stereocenters. The van der Waals surface area contributed by atoms with Crippen molar-refractivity contribution in [3.8, 4) is 0 Å². The molecule has 1 aliphatic heterocycles. The van der Waals surface area contributed by atoms with Crippen molar-refractivity contribution in [2.24, 2.45) is 5.92 Å². The first-order valence-electron chi connectivity index (χ1n) is 6.39. The van der Waals surface area contributed by atoms with E-state index >= 15 is 0 Å². The van der Waals surface area contributed by atoms with Gasteiger partial charge in [-0.15, -0.1) is 0 Å². The molecular weight excluding hydrogens is 242 g/mol. The van der Waals surface area contributed by atoms with E-state index in [-0.39, 0.29) is 11.8 Å². The van der Waals surface area contributed by atoms with Crippen LogP contribution in [0.5, 0.6) is 0 Å². The highest BCUT2D eigenvalue weighted by Gasteiger charge is 2.47. The van der Waals surface area contributed by atoms with Gasteiger partial charge >= 0.3 is 5.97 Å². The van der Waals surface area contributed by atoms with Gasteiger partial charge in [-0.2, -0.15) is 0 Å². The molecule has 1 aromatic rings. The fourth-order valence-corrected chi connectivity index (χ4v) is 2.74. The van der Waals surface area contributed by atoms with Gasteiger partial charge in [0.15, 0.2) is 5.78 Å². The van der Waals surface area contributed by atoms with Crippen LogP contribution < -0.4 is 5.32 Å². The van der Waals surface area contributed by atoms with Crippen LogP contribution in [0.25, 0.3) is 0 Å². The molecule has 0 saturated carbocycles. The van der Waals surface area contributed by atoms with Crippen molar-refractivity contribution in [3.63, 3.8) is 0 Å². The first kappa shape index (κ1) is 13.7. The summed E-state index contributed by atoms with van der Waals surface area (Å²) in [5.74, 6) is -1.27. The van der Waals surface area contributed by atoms with Crippen molar-refractivity contribution < 1.29 is 14.3 Å². The standard InChI is InChI=1S/C15H19NO3/c1-15(2)13(14(18)19-3)12(17)9-11(16-15)10-7-5-4-6-8-10/h4-8,11,13,16H,9H2,1-3H3/t11-,13+/m1/s1. The highest BCUT2D eigenvalue weighted by molar-refractivity contribution is 6.01. The lowest BCUT2D eigenvalue weighted by Crippen LogP contribution is -2.58. The van der Waals surface area contributed by atoms with Crippen LogP contribution in [0.2, 0.25) is 0 Å². The summed E-state index contributed by atoms with van der Waals surface area (Å²) in [5, 5.41) is 3.38. The molecule has 1 N–H and O–H groups in total. The van der Waals surface area contributed by atoms with Crippen LogP contribution in [0.15, 0.2) is 30.3 Å². The minimum atomic E-state index is -0.738. The summed E-state index contributed by atoms with van der Waals surface area (Å²) < 4.78 is 4.74. The van der Waals surface area contributed by atoms with E-state index in [1.165, 1.54) is 7.11 Å². The summed E-state index contributed by atoms with van der Waals surface area (Å²) in [7, 11) is 1.31. The Labute approximate surface area is 113 Å². The van der Waals surface area contributed by atoms with Crippen molar-refractivity contribution >= 4 is 11.8 Å². The van der Waals surface area contributed by atoms with E-state index in [4.69, 9.17) is 4.74 Å². The van der Waals surface area contributed by atoms with Gasteiger partial charge in [0, 0.05) is 18.0 Å². The molecule has 1 saturated heterocycles. The van der Waals surface area contributed by atoms with Gasteiger partial charge in [0.2, 0.25) is 0 Å². The maximum Gasteiger partial charge on any atom is 0.318 e. The van der Waals surface area contributed by atoms with Gasteiger partial charge in [-0.25, -0.2) is 0 Å². The van der Waals surface area contributed by atoms with Crippen LogP contribution in [0.1, 0.15) is 31.9 Å². The highest BCUT2D eigenvalue weighted by Crippen LogP contribution is 2.33. The number of nitrogens with one attached hydrogen (secondary N) is 1. The maximum absolute atomic E-state index is 12.3. The van der Waals surface area contributed by atoms with Crippen molar-refractivity contribution in [3.05, 3.63) is 35.9 Å². The van der Waals surface area contributed by atoms with Crippen LogP contribution in [-0.2, 0) is 14.3 Å². The number of rotatable bonds is 2. The molecule has 4 nitrogen and oxygen atoms in total. The van der Waals surface area contributed by atoms with Crippen LogP contribution in [-0.4, -0.2) is 24.4 Å². The van der Waals surface area contributed by atoms with Crippen molar-refractivity contribution in [1.82, 2.24) is 5.32 Å². The Morgan fingerprint density at radius 3 is 2.47 bits per heavy atom. The highest BCUT2D eigenvalue weighted by atomic mass is 16.5. The number of hydrogen-bond acceptors (Lipinski definition) is 4. The third kappa shape index (κ3) is 2.68. The van der Waals surface area contributed by atoms with Crippen molar-refractivity contribution in [2.45, 2.75) is 31.8 Å². The van der Waals surface area contributed by atoms with E-state index < -0.39 is 17.4 Å². The zero-order valence-corrected chi connectivity index (χ0v) is 11.5. The first-order valence-corrected chi connectivity index (χ1v) is 6.39. The largest absolute Gasteiger partial charge is 0.468 e. The Balaban J connectivity index is 2.25. The topological polar surface area (TPSA) is 55.4 Å². The predicted octanol–water partition coefficient (Wildman–Crippen LogP) is 1.86. The van der Waals surface area contributed by atoms with E-state index in [0.29, 0.717) is 6.42 Å². The molecule has 0 aromatic heterocycles. The predicted molar refractivity (Wildman–Crippen MR) is 71.5 cm³/mol. The van der Waals surface area contributed by atoms with Crippen LogP contribution in [0.3, 0.4) is 0 Å². The maximum atomic E-state index is 12.3. The van der Waals surface area contributed by atoms with Gasteiger partial charge < -0.3 is 10.1 Å². The van der Waals surface area contributed by atoms with Gasteiger partial charge in [0.25, 0.3) is 0 Å². The van der Waals surface area contributed by atoms with Gasteiger partial charge in [-0.1, -0.05) is 30.3 Å². The van der Waals surface area contributed by atoms with E-state index in [0.717, 1.165) is 5.56 Å². The average Bonchev–Trinajstić information content (AvgIpc) is 2.37. The summed E-state index contributed by atoms with van der Waals surface area (Å²) in [4.78, 5) is 24.0. The van der Waals surface area contributed by atoms with Gasteiger partial charge in [-0.05, 0) is 19.4 Å². The average molecular weight is 261 g/mol. The summed E-state index contributed by atoms with van der Waals surface area (Å²) in [6, 6.07) is 9.75. The van der Waals surface area contributed by atoms with Crippen molar-refractivity contribution in [1.29, 1.82) is 0 Å². The molecular formula is C15H19NO3. The molecule has 19 heavy (non-hydrogen) atoms. The van der Waals surface area contributed by atoms with Gasteiger partial charge in [0.05, 0.1) is 7.11 Å². The number of methoxy groups -OCH3 is 1. The number of carbonyl (C=O) groups is 2. The molecule has 2 rings (SSSR count). The molecule has 102 valence electrons. The SMILES string of the molecule is COC(=O)[C@@H]1C(=O)C[C@H](c2ccccc2)NC1(C)C. The second-order valence-electron chi connectivity index (χ2n) is 5.46. The van der Waals surface area contributed by atoms with Gasteiger partial charge in [0.1, 0.15) is 5.92 Å². The Hall–Kier alpha value is -1.68. The second-order valence-corrected chi connectivity index (χ2v) is 5.46. The zero-order chi connectivity index (χ0) is 14.0. The minimum Gasteiger partial charge on any atom is -0.468 e. The van der Waals surface area contributed by atoms with Gasteiger partial charge in [-0.3, -0.25) is 9.59 Å². The number of benzene rings is 1. The molecule has 2 atom stereocenters. The van der Waals surface area contributed by atoms with E-state index in [1.54, 1.807) is 0 Å². The third-order valence-electron chi connectivity index (χ3n) is 3.63. The van der Waals surface area contributed by atoms with Crippen LogP contribution in [0.4, 0.5) is 0 Å². The fourth-order valence-electron chi connectivity index (χ4n) is 2.74. The summed E-state index contributed by atoms with van der Waals surface area (Å²) in [6.45, 7) is 3.73. The Kier molecular flexibility index (Phi) is 3.71. The molecule has 4 heteroatoms. The number of piperidine rings is 1. The molecule has 1 heterocycles. The lowest BCUT2D eigenvalue weighted by Gasteiger charge is -2.41. The molecule has 1 aromatic carbocycles. The molecule has 0 amide bonds. The number of hydrogen-bond donors (Lipinski definition) is 1. The Morgan fingerprint density at radius 2 is 1.95 bits per heavy atom. The molecule has 1 fully saturated rings. The third-order valence-corrected chi connectivity index (χ3v) is 3.63. The lowest BCUT2D eigenvalue weighted by atomic mass is 9.76. The summed E-state index contributed by atoms with van der Waals surface area (Å²) in [5.41, 5.74) is 0.454. The first-order chi connectivity index (χ1) is 8.95. The number of esters is 1. The van der Waals surface area contributed by atoms with E-state index in [1.807, 2.05) is 44.2 Å². The number of carbonyl (C=O) groups excluding carboxylic acids is 2. The monoisotopic (exact) mass is 261 g/mol. The summed E-state index contributed by atoms with van der Waals surface area (Å²) >= 11 is 0.